The van der Waals surface area contributed by atoms with E-state index in [0.717, 1.165) is 32.5 Å². The fraction of sp³-hybridized carbons (Fsp3) is 0.588. The average molecular weight is 321 g/mol. The summed E-state index contributed by atoms with van der Waals surface area (Å²) in [5, 5.41) is 13.2. The minimum absolute atomic E-state index is 0.0354. The summed E-state index contributed by atoms with van der Waals surface area (Å²) in [7, 11) is 0. The van der Waals surface area contributed by atoms with Gasteiger partial charge in [0.1, 0.15) is 11.9 Å². The van der Waals surface area contributed by atoms with Crippen LogP contribution in [0.15, 0.2) is 24.3 Å². The number of aliphatic hydroxyl groups excluding tert-OH is 1. The Labute approximate surface area is 135 Å². The first kappa shape index (κ1) is 16.4. The van der Waals surface area contributed by atoms with E-state index in [-0.39, 0.29) is 23.8 Å². The fourth-order valence-electron chi connectivity index (χ4n) is 4.21. The molecule has 2 saturated heterocycles. The van der Waals surface area contributed by atoms with E-state index in [1.54, 1.807) is 12.1 Å². The van der Waals surface area contributed by atoms with Gasteiger partial charge >= 0.3 is 0 Å². The topological polar surface area (TPSA) is 78.6 Å². The lowest BCUT2D eigenvalue weighted by Gasteiger charge is -2.38. The van der Waals surface area contributed by atoms with E-state index >= 15 is 0 Å². The van der Waals surface area contributed by atoms with Gasteiger partial charge in [-0.2, -0.15) is 0 Å². The standard InChI is InChI=1S/C17H24FN3O2/c18-14-3-1-12(2-4-14)15(16(19)23)21-9-13(10-22)17(11-21)5-7-20-8-6-17/h1-4,13,15,20,22H,5-11H2,(H2,19,23). The Balaban J connectivity index is 1.86. The number of carbonyl (C=O) groups excluding carboxylic acids is 1. The van der Waals surface area contributed by atoms with Gasteiger partial charge in [0.2, 0.25) is 5.91 Å². The van der Waals surface area contributed by atoms with Crippen LogP contribution in [0.25, 0.3) is 0 Å². The Bertz CT molecular complexity index is 557. The zero-order chi connectivity index (χ0) is 16.4. The predicted octanol–water partition coefficient (Wildman–Crippen LogP) is 0.646. The number of halogens is 1. The van der Waals surface area contributed by atoms with Gasteiger partial charge in [-0.1, -0.05) is 12.1 Å². The molecule has 6 heteroatoms. The van der Waals surface area contributed by atoms with E-state index in [9.17, 15) is 14.3 Å². The molecule has 2 unspecified atom stereocenters. The Morgan fingerprint density at radius 3 is 2.61 bits per heavy atom. The third kappa shape index (κ3) is 3.11. The molecule has 3 rings (SSSR count). The number of carbonyl (C=O) groups is 1. The van der Waals surface area contributed by atoms with E-state index < -0.39 is 11.9 Å². The molecule has 2 fully saturated rings. The van der Waals surface area contributed by atoms with Crippen LogP contribution in [0.1, 0.15) is 24.4 Å². The molecule has 0 saturated carbocycles. The first-order valence-corrected chi connectivity index (χ1v) is 8.16. The summed E-state index contributed by atoms with van der Waals surface area (Å²) in [5.41, 5.74) is 6.39. The highest BCUT2D eigenvalue weighted by molar-refractivity contribution is 5.81. The van der Waals surface area contributed by atoms with Crippen molar-refractivity contribution in [2.45, 2.75) is 18.9 Å². The number of nitrogens with one attached hydrogen (secondary N) is 1. The van der Waals surface area contributed by atoms with Crippen LogP contribution in [0.4, 0.5) is 4.39 Å². The largest absolute Gasteiger partial charge is 0.396 e. The van der Waals surface area contributed by atoms with Crippen molar-refractivity contribution < 1.29 is 14.3 Å². The van der Waals surface area contributed by atoms with E-state index in [2.05, 4.69) is 10.2 Å². The second-order valence-corrected chi connectivity index (χ2v) is 6.78. The molecule has 4 N–H and O–H groups in total. The summed E-state index contributed by atoms with van der Waals surface area (Å²) in [5.74, 6) is -0.618. The molecule has 1 amide bonds. The monoisotopic (exact) mass is 321 g/mol. The number of amides is 1. The summed E-state index contributed by atoms with van der Waals surface area (Å²) < 4.78 is 13.2. The minimum atomic E-state index is -0.570. The second-order valence-electron chi connectivity index (χ2n) is 6.78. The van der Waals surface area contributed by atoms with Gasteiger partial charge in [-0.25, -0.2) is 4.39 Å². The third-order valence-electron chi connectivity index (χ3n) is 5.48. The van der Waals surface area contributed by atoms with E-state index in [4.69, 9.17) is 5.73 Å². The molecular formula is C17H24FN3O2. The molecule has 2 aliphatic rings. The molecule has 2 aliphatic heterocycles. The normalized spacial score (nSPS) is 25.6. The number of nitrogens with zero attached hydrogens (tertiary/aromatic N) is 1. The SMILES string of the molecule is NC(=O)C(c1ccc(F)cc1)N1CC(CO)C2(CCNCC2)C1. The molecule has 0 bridgehead atoms. The van der Waals surface area contributed by atoms with Crippen LogP contribution in [0.3, 0.4) is 0 Å². The maximum atomic E-state index is 13.2. The van der Waals surface area contributed by atoms with Gasteiger partial charge in [0.15, 0.2) is 0 Å². The van der Waals surface area contributed by atoms with Crippen LogP contribution >= 0.6 is 0 Å². The van der Waals surface area contributed by atoms with Gasteiger partial charge in [-0.05, 0) is 49.0 Å². The van der Waals surface area contributed by atoms with Crippen LogP contribution in [-0.4, -0.2) is 48.7 Å². The zero-order valence-electron chi connectivity index (χ0n) is 13.2. The number of nitrogens with two attached hydrogens (primary N) is 1. The first-order chi connectivity index (χ1) is 11.1. The van der Waals surface area contributed by atoms with Crippen LogP contribution in [0, 0.1) is 17.2 Å². The van der Waals surface area contributed by atoms with Gasteiger partial charge in [-0.3, -0.25) is 9.69 Å². The summed E-state index contributed by atoms with van der Waals surface area (Å²) >= 11 is 0. The van der Waals surface area contributed by atoms with Crippen molar-refractivity contribution >= 4 is 5.91 Å². The highest BCUT2D eigenvalue weighted by atomic mass is 19.1. The molecule has 1 aromatic rings. The molecule has 126 valence electrons. The lowest BCUT2D eigenvalue weighted by molar-refractivity contribution is -0.123. The predicted molar refractivity (Wildman–Crippen MR) is 85.0 cm³/mol. The van der Waals surface area contributed by atoms with E-state index in [1.807, 2.05) is 0 Å². The van der Waals surface area contributed by atoms with Gasteiger partial charge < -0.3 is 16.2 Å². The van der Waals surface area contributed by atoms with Gasteiger partial charge in [0.25, 0.3) is 0 Å². The van der Waals surface area contributed by atoms with Crippen LogP contribution in [0.2, 0.25) is 0 Å². The maximum Gasteiger partial charge on any atom is 0.239 e. The fourth-order valence-corrected chi connectivity index (χ4v) is 4.21. The number of benzene rings is 1. The molecule has 1 aromatic carbocycles. The second kappa shape index (κ2) is 6.55. The molecular weight excluding hydrogens is 297 g/mol. The molecule has 0 aromatic heterocycles. The lowest BCUT2D eigenvalue weighted by atomic mass is 9.71. The number of aliphatic hydroxyl groups is 1. The minimum Gasteiger partial charge on any atom is -0.396 e. The molecule has 0 aliphatic carbocycles. The number of piperidine rings is 1. The van der Waals surface area contributed by atoms with E-state index in [0.29, 0.717) is 12.1 Å². The molecule has 5 nitrogen and oxygen atoms in total. The van der Waals surface area contributed by atoms with Crippen LogP contribution < -0.4 is 11.1 Å². The molecule has 0 radical (unpaired) electrons. The number of primary amides is 1. The quantitative estimate of drug-likeness (QED) is 0.761. The number of likely N-dealkylation sites (tertiary alicyclic amines) is 1. The summed E-state index contributed by atoms with van der Waals surface area (Å²) in [6, 6.07) is 5.37. The van der Waals surface area contributed by atoms with Crippen molar-refractivity contribution in [3.63, 3.8) is 0 Å². The van der Waals surface area contributed by atoms with Crippen molar-refractivity contribution in [2.24, 2.45) is 17.1 Å². The maximum absolute atomic E-state index is 13.2. The van der Waals surface area contributed by atoms with Crippen molar-refractivity contribution in [1.29, 1.82) is 0 Å². The highest BCUT2D eigenvalue weighted by Gasteiger charge is 2.49. The molecule has 23 heavy (non-hydrogen) atoms. The average Bonchev–Trinajstić information content (AvgIpc) is 2.87. The summed E-state index contributed by atoms with van der Waals surface area (Å²) in [4.78, 5) is 14.1. The molecule has 2 heterocycles. The van der Waals surface area contributed by atoms with E-state index in [1.165, 1.54) is 12.1 Å². The molecule has 2 atom stereocenters. The van der Waals surface area contributed by atoms with Crippen molar-refractivity contribution in [3.05, 3.63) is 35.6 Å². The smallest absolute Gasteiger partial charge is 0.239 e. The Hall–Kier alpha value is -1.50. The highest BCUT2D eigenvalue weighted by Crippen LogP contribution is 2.45. The Morgan fingerprint density at radius 2 is 2.04 bits per heavy atom. The van der Waals surface area contributed by atoms with Crippen LogP contribution in [0.5, 0.6) is 0 Å². The zero-order valence-corrected chi connectivity index (χ0v) is 13.2. The Kier molecular flexibility index (Phi) is 4.66. The van der Waals surface area contributed by atoms with Gasteiger partial charge in [-0.15, -0.1) is 0 Å². The Morgan fingerprint density at radius 1 is 1.39 bits per heavy atom. The summed E-state index contributed by atoms with van der Waals surface area (Å²) in [6.07, 6.45) is 1.98. The van der Waals surface area contributed by atoms with Gasteiger partial charge in [0, 0.05) is 25.6 Å². The number of hydrogen-bond donors (Lipinski definition) is 3. The van der Waals surface area contributed by atoms with Crippen molar-refractivity contribution in [2.75, 3.05) is 32.8 Å². The number of rotatable bonds is 4. The lowest BCUT2D eigenvalue weighted by Crippen LogP contribution is -2.43. The summed E-state index contributed by atoms with van der Waals surface area (Å²) in [6.45, 7) is 3.36. The van der Waals surface area contributed by atoms with Crippen molar-refractivity contribution in [1.82, 2.24) is 10.2 Å². The van der Waals surface area contributed by atoms with Crippen LogP contribution in [-0.2, 0) is 4.79 Å². The van der Waals surface area contributed by atoms with Crippen molar-refractivity contribution in [3.8, 4) is 0 Å². The first-order valence-electron chi connectivity index (χ1n) is 8.16. The number of hydrogen-bond acceptors (Lipinski definition) is 4. The third-order valence-corrected chi connectivity index (χ3v) is 5.48. The van der Waals surface area contributed by atoms with Gasteiger partial charge in [0.05, 0.1) is 0 Å². The molecule has 1 spiro atoms.